The number of hydrogen-bond donors (Lipinski definition) is 6. The summed E-state index contributed by atoms with van der Waals surface area (Å²) >= 11 is 0. The van der Waals surface area contributed by atoms with Gasteiger partial charge in [-0.05, 0) is 17.7 Å². The number of amides is 1. The van der Waals surface area contributed by atoms with Crippen LogP contribution in [0.25, 0.3) is 0 Å². The minimum Gasteiger partial charge on any atom is -0.480 e. The van der Waals surface area contributed by atoms with Gasteiger partial charge in [0.25, 0.3) is 0 Å². The van der Waals surface area contributed by atoms with Crippen molar-refractivity contribution in [3.8, 4) is 0 Å². The summed E-state index contributed by atoms with van der Waals surface area (Å²) < 4.78 is 0. The summed E-state index contributed by atoms with van der Waals surface area (Å²) in [5, 5.41) is 30.9. The second-order valence-electron chi connectivity index (χ2n) is 5.30. The Kier molecular flexibility index (Phi) is 6.93. The molecular formula is C14H20N3O7+. The SMILES string of the molecule is NC(=O)CC[C@@H]([NH2+]C/C=C1\C=C(C(=O)O)N[C@@H](C(=O)O)C1)C(=O)O. The fourth-order valence-corrected chi connectivity index (χ4v) is 2.20. The molecule has 0 spiro atoms. The van der Waals surface area contributed by atoms with Gasteiger partial charge in [0.2, 0.25) is 5.91 Å². The van der Waals surface area contributed by atoms with Gasteiger partial charge in [-0.2, -0.15) is 0 Å². The second-order valence-corrected chi connectivity index (χ2v) is 5.30. The molecule has 0 saturated heterocycles. The molecule has 1 aliphatic rings. The van der Waals surface area contributed by atoms with Crippen molar-refractivity contribution in [2.24, 2.45) is 5.73 Å². The monoisotopic (exact) mass is 342 g/mol. The molecule has 1 rings (SSSR count). The molecule has 8 N–H and O–H groups in total. The molecule has 2 atom stereocenters. The van der Waals surface area contributed by atoms with Crippen molar-refractivity contribution in [1.82, 2.24) is 5.32 Å². The predicted molar refractivity (Wildman–Crippen MR) is 79.6 cm³/mol. The molecule has 0 fully saturated rings. The largest absolute Gasteiger partial charge is 0.480 e. The van der Waals surface area contributed by atoms with E-state index in [2.05, 4.69) is 5.32 Å². The lowest BCUT2D eigenvalue weighted by Gasteiger charge is -2.22. The molecule has 0 bridgehead atoms. The lowest BCUT2D eigenvalue weighted by Crippen LogP contribution is -2.91. The number of aliphatic carboxylic acids is 3. The maximum Gasteiger partial charge on any atom is 0.362 e. The van der Waals surface area contributed by atoms with Crippen LogP contribution in [0.1, 0.15) is 19.3 Å². The smallest absolute Gasteiger partial charge is 0.362 e. The molecule has 1 amide bonds. The zero-order valence-electron chi connectivity index (χ0n) is 12.8. The van der Waals surface area contributed by atoms with Gasteiger partial charge in [0.15, 0.2) is 6.04 Å². The van der Waals surface area contributed by atoms with Crippen LogP contribution in [-0.4, -0.2) is 57.8 Å². The molecule has 0 aromatic heterocycles. The number of hydrogen-bond acceptors (Lipinski definition) is 5. The van der Waals surface area contributed by atoms with Gasteiger partial charge < -0.3 is 31.7 Å². The number of carbonyl (C=O) groups excluding carboxylic acids is 1. The average molecular weight is 342 g/mol. The van der Waals surface area contributed by atoms with Crippen molar-refractivity contribution in [2.75, 3.05) is 6.54 Å². The third-order valence-electron chi connectivity index (χ3n) is 3.45. The van der Waals surface area contributed by atoms with Crippen molar-refractivity contribution < 1.29 is 39.8 Å². The molecule has 1 aliphatic heterocycles. The van der Waals surface area contributed by atoms with Gasteiger partial charge in [-0.3, -0.25) is 4.79 Å². The van der Waals surface area contributed by atoms with Crippen molar-refractivity contribution in [3.05, 3.63) is 23.4 Å². The van der Waals surface area contributed by atoms with Crippen molar-refractivity contribution in [2.45, 2.75) is 31.3 Å². The number of carbonyl (C=O) groups is 4. The van der Waals surface area contributed by atoms with E-state index < -0.39 is 35.9 Å². The van der Waals surface area contributed by atoms with Gasteiger partial charge in [-0.1, -0.05) is 0 Å². The maximum atomic E-state index is 11.1. The molecule has 0 aliphatic carbocycles. The molecule has 0 unspecified atom stereocenters. The molecule has 10 heteroatoms. The Bertz CT molecular complexity index is 597. The first kappa shape index (κ1) is 19.2. The summed E-state index contributed by atoms with van der Waals surface area (Å²) in [7, 11) is 0. The molecule has 0 saturated carbocycles. The number of nitrogens with one attached hydrogen (secondary N) is 1. The van der Waals surface area contributed by atoms with E-state index in [-0.39, 0.29) is 31.5 Å². The van der Waals surface area contributed by atoms with Crippen LogP contribution in [0.15, 0.2) is 23.4 Å². The van der Waals surface area contributed by atoms with E-state index in [9.17, 15) is 19.2 Å². The summed E-state index contributed by atoms with van der Waals surface area (Å²) in [4.78, 5) is 43.9. The van der Waals surface area contributed by atoms with Crippen LogP contribution in [0.2, 0.25) is 0 Å². The fraction of sp³-hybridized carbons (Fsp3) is 0.429. The number of carboxylic acids is 3. The Balaban J connectivity index is 2.74. The normalized spacial score (nSPS) is 19.9. The topological polar surface area (TPSA) is 184 Å². The van der Waals surface area contributed by atoms with E-state index in [0.29, 0.717) is 5.57 Å². The Morgan fingerprint density at radius 1 is 1.33 bits per heavy atom. The minimum atomic E-state index is -1.28. The lowest BCUT2D eigenvalue weighted by molar-refractivity contribution is -0.670. The van der Waals surface area contributed by atoms with Crippen LogP contribution >= 0.6 is 0 Å². The number of carboxylic acid groups (broad SMARTS) is 3. The van der Waals surface area contributed by atoms with Crippen molar-refractivity contribution in [1.29, 1.82) is 0 Å². The quantitative estimate of drug-likeness (QED) is 0.268. The Labute approximate surface area is 137 Å². The van der Waals surface area contributed by atoms with E-state index in [4.69, 9.17) is 21.1 Å². The number of rotatable bonds is 9. The Morgan fingerprint density at radius 3 is 2.50 bits per heavy atom. The van der Waals surface area contributed by atoms with Gasteiger partial charge in [0, 0.05) is 19.3 Å². The molecule has 0 radical (unpaired) electrons. The molecule has 10 nitrogen and oxygen atoms in total. The summed E-state index contributed by atoms with van der Waals surface area (Å²) in [5.41, 5.74) is 5.24. The first-order chi connectivity index (χ1) is 11.2. The van der Waals surface area contributed by atoms with Crippen LogP contribution in [-0.2, 0) is 19.2 Å². The average Bonchev–Trinajstić information content (AvgIpc) is 2.49. The number of quaternary nitrogens is 1. The molecule has 0 aromatic rings. The third-order valence-corrected chi connectivity index (χ3v) is 3.45. The van der Waals surface area contributed by atoms with Crippen LogP contribution < -0.4 is 16.4 Å². The highest BCUT2D eigenvalue weighted by atomic mass is 16.4. The van der Waals surface area contributed by atoms with E-state index in [1.165, 1.54) is 11.4 Å². The molecule has 1 heterocycles. The van der Waals surface area contributed by atoms with Crippen LogP contribution in [0.5, 0.6) is 0 Å². The Hall–Kier alpha value is -2.88. The highest BCUT2D eigenvalue weighted by molar-refractivity contribution is 5.89. The third kappa shape index (κ3) is 6.08. The van der Waals surface area contributed by atoms with Crippen LogP contribution in [0, 0.1) is 0 Å². The molecular weight excluding hydrogens is 322 g/mol. The standard InChI is InChI=1S/C14H19N3O7/c15-11(18)2-1-8(12(19)20)16-4-3-7-5-9(13(21)22)17-10(6-7)14(23)24/h3,5,8,10,16-17H,1-2,4,6H2,(H2,15,18)(H,19,20)(H,21,22)(H,23,24)/p+1/b7-3+/t8-,10-/m1/s1. The van der Waals surface area contributed by atoms with Gasteiger partial charge in [0.1, 0.15) is 11.7 Å². The van der Waals surface area contributed by atoms with Gasteiger partial charge >= 0.3 is 17.9 Å². The highest BCUT2D eigenvalue weighted by Crippen LogP contribution is 2.16. The number of allylic oxidation sites excluding steroid dienone is 1. The summed E-state index contributed by atoms with van der Waals surface area (Å²) in [6.07, 6.45) is 2.98. The first-order valence-electron chi connectivity index (χ1n) is 7.18. The maximum absolute atomic E-state index is 11.1. The lowest BCUT2D eigenvalue weighted by atomic mass is 10.00. The Morgan fingerprint density at radius 2 is 2.00 bits per heavy atom. The van der Waals surface area contributed by atoms with Crippen LogP contribution in [0.3, 0.4) is 0 Å². The summed E-state index contributed by atoms with van der Waals surface area (Å²) in [6.45, 7) is 0.195. The number of nitrogens with two attached hydrogens (primary N) is 2. The van der Waals surface area contributed by atoms with E-state index >= 15 is 0 Å². The second kappa shape index (κ2) is 8.67. The number of primary amides is 1. The highest BCUT2D eigenvalue weighted by Gasteiger charge is 2.26. The van der Waals surface area contributed by atoms with Crippen LogP contribution in [0.4, 0.5) is 0 Å². The zero-order chi connectivity index (χ0) is 18.3. The van der Waals surface area contributed by atoms with E-state index in [1.54, 1.807) is 6.08 Å². The predicted octanol–water partition coefficient (Wildman–Crippen LogP) is -2.39. The first-order valence-corrected chi connectivity index (χ1v) is 7.18. The van der Waals surface area contributed by atoms with E-state index in [1.807, 2.05) is 0 Å². The zero-order valence-corrected chi connectivity index (χ0v) is 12.8. The van der Waals surface area contributed by atoms with Crippen molar-refractivity contribution in [3.63, 3.8) is 0 Å². The molecule has 0 aromatic carbocycles. The van der Waals surface area contributed by atoms with Gasteiger partial charge in [-0.15, -0.1) is 0 Å². The van der Waals surface area contributed by atoms with Crippen molar-refractivity contribution >= 4 is 23.8 Å². The summed E-state index contributed by atoms with van der Waals surface area (Å²) in [5.74, 6) is -4.14. The minimum absolute atomic E-state index is 0.0574. The molecule has 132 valence electrons. The van der Waals surface area contributed by atoms with E-state index in [0.717, 1.165) is 0 Å². The summed E-state index contributed by atoms with van der Waals surface area (Å²) in [6, 6.07) is -1.92. The van der Waals surface area contributed by atoms with Gasteiger partial charge in [-0.25, -0.2) is 14.4 Å². The fourth-order valence-electron chi connectivity index (χ4n) is 2.20. The van der Waals surface area contributed by atoms with Gasteiger partial charge in [0.05, 0.1) is 6.54 Å². The molecule has 24 heavy (non-hydrogen) atoms.